The molecule has 0 saturated carbocycles. The van der Waals surface area contributed by atoms with Gasteiger partial charge in [0.25, 0.3) is 5.56 Å². The quantitative estimate of drug-likeness (QED) is 0.678. The van der Waals surface area contributed by atoms with Gasteiger partial charge < -0.3 is 4.74 Å². The monoisotopic (exact) mass is 286 g/mol. The van der Waals surface area contributed by atoms with E-state index in [1.807, 2.05) is 6.07 Å². The smallest absolute Gasteiger partial charge is 0.334 e. The molecule has 0 aliphatic rings. The number of hydrogen-bond donors (Lipinski definition) is 1. The lowest BCUT2D eigenvalue weighted by Gasteiger charge is -2.08. The second-order valence-corrected chi connectivity index (χ2v) is 4.48. The summed E-state index contributed by atoms with van der Waals surface area (Å²) in [5.41, 5.74) is 0.0823. The van der Waals surface area contributed by atoms with Crippen LogP contribution in [0.3, 0.4) is 0 Å². The summed E-state index contributed by atoms with van der Waals surface area (Å²) in [5, 5.41) is 0. The molecule has 21 heavy (non-hydrogen) atoms. The van der Waals surface area contributed by atoms with E-state index in [-0.39, 0.29) is 12.3 Å². The number of esters is 1. The number of hydrogen-bond acceptors (Lipinski definition) is 4. The van der Waals surface area contributed by atoms with Gasteiger partial charge in [0, 0.05) is 11.8 Å². The van der Waals surface area contributed by atoms with Crippen LogP contribution in [0.5, 0.6) is 0 Å². The van der Waals surface area contributed by atoms with Crippen LogP contribution in [-0.4, -0.2) is 15.5 Å². The third-order valence-electron chi connectivity index (χ3n) is 2.78. The van der Waals surface area contributed by atoms with Crippen molar-refractivity contribution >= 4 is 5.97 Å². The van der Waals surface area contributed by atoms with Gasteiger partial charge in [-0.25, -0.2) is 9.59 Å². The number of nitrogens with zero attached hydrogens (tertiary/aromatic N) is 1. The Bertz CT molecular complexity index is 787. The number of benzene rings is 1. The minimum absolute atomic E-state index is 0.232. The third-order valence-corrected chi connectivity index (χ3v) is 2.78. The van der Waals surface area contributed by atoms with Crippen molar-refractivity contribution in [3.05, 3.63) is 69.5 Å². The largest absolute Gasteiger partial charge is 0.440 e. The molecule has 0 fully saturated rings. The van der Waals surface area contributed by atoms with Gasteiger partial charge in [-0.05, 0) is 12.5 Å². The first-order valence-electron chi connectivity index (χ1n) is 6.21. The Kier molecular flexibility index (Phi) is 4.18. The summed E-state index contributed by atoms with van der Waals surface area (Å²) in [5.74, 6) is -0.602. The van der Waals surface area contributed by atoms with Gasteiger partial charge in [0.2, 0.25) is 0 Å². The fourth-order valence-corrected chi connectivity index (χ4v) is 1.68. The van der Waals surface area contributed by atoms with E-state index in [0.29, 0.717) is 11.1 Å². The highest BCUT2D eigenvalue weighted by molar-refractivity contribution is 5.86. The minimum Gasteiger partial charge on any atom is -0.440 e. The van der Waals surface area contributed by atoms with Crippen molar-refractivity contribution in [3.8, 4) is 11.1 Å². The van der Waals surface area contributed by atoms with Gasteiger partial charge in [-0.1, -0.05) is 36.9 Å². The highest BCUT2D eigenvalue weighted by atomic mass is 16.5. The topological polar surface area (TPSA) is 81.2 Å². The summed E-state index contributed by atoms with van der Waals surface area (Å²) >= 11 is 0. The van der Waals surface area contributed by atoms with Gasteiger partial charge >= 0.3 is 11.7 Å². The number of carbonyl (C=O) groups excluding carboxylic acids is 1. The molecule has 108 valence electrons. The number of ether oxygens (including phenoxy) is 1. The van der Waals surface area contributed by atoms with Crippen LogP contribution in [0.1, 0.15) is 6.92 Å². The molecular weight excluding hydrogens is 272 g/mol. The summed E-state index contributed by atoms with van der Waals surface area (Å²) in [4.78, 5) is 37.1. The van der Waals surface area contributed by atoms with Crippen LogP contribution in [-0.2, 0) is 16.3 Å². The van der Waals surface area contributed by atoms with Gasteiger partial charge in [-0.15, -0.1) is 0 Å². The predicted octanol–water partition coefficient (Wildman–Crippen LogP) is 1.28. The Hall–Kier alpha value is -2.89. The molecule has 0 saturated heterocycles. The summed E-state index contributed by atoms with van der Waals surface area (Å²) in [6.45, 7) is 4.67. The molecule has 0 bridgehead atoms. The molecule has 1 aromatic carbocycles. The first-order chi connectivity index (χ1) is 9.99. The zero-order valence-corrected chi connectivity index (χ0v) is 11.5. The SMILES string of the molecule is C=C(C)C(=O)OCn1cc(-c2ccccc2)c(=O)[nH]c1=O. The second-order valence-electron chi connectivity index (χ2n) is 4.48. The molecular formula is C15H14N2O4. The molecule has 1 heterocycles. The normalized spacial score (nSPS) is 10.1. The van der Waals surface area contributed by atoms with Gasteiger partial charge in [-0.3, -0.25) is 14.3 Å². The van der Waals surface area contributed by atoms with Crippen molar-refractivity contribution in [2.24, 2.45) is 0 Å². The molecule has 0 atom stereocenters. The molecule has 0 aliphatic heterocycles. The maximum atomic E-state index is 11.8. The van der Waals surface area contributed by atoms with Crippen LogP contribution in [0.2, 0.25) is 0 Å². The van der Waals surface area contributed by atoms with Crippen LogP contribution in [0, 0.1) is 0 Å². The van der Waals surface area contributed by atoms with Crippen molar-refractivity contribution in [2.75, 3.05) is 0 Å². The van der Waals surface area contributed by atoms with Crippen LogP contribution in [0.15, 0.2) is 58.3 Å². The van der Waals surface area contributed by atoms with Crippen LogP contribution in [0.4, 0.5) is 0 Å². The number of H-pyrrole nitrogens is 1. The lowest BCUT2D eigenvalue weighted by molar-refractivity contribution is -0.142. The van der Waals surface area contributed by atoms with Gasteiger partial charge in [0.1, 0.15) is 0 Å². The Morgan fingerprint density at radius 1 is 1.29 bits per heavy atom. The number of rotatable bonds is 4. The highest BCUT2D eigenvalue weighted by Gasteiger charge is 2.09. The summed E-state index contributed by atoms with van der Waals surface area (Å²) < 4.78 is 6.02. The number of carbonyl (C=O) groups is 1. The Labute approximate surface area is 120 Å². The van der Waals surface area contributed by atoms with Gasteiger partial charge in [0.05, 0.1) is 5.56 Å². The van der Waals surface area contributed by atoms with E-state index in [2.05, 4.69) is 11.6 Å². The lowest BCUT2D eigenvalue weighted by atomic mass is 10.1. The molecule has 0 unspecified atom stereocenters. The van der Waals surface area contributed by atoms with Gasteiger partial charge in [0.15, 0.2) is 6.73 Å². The third kappa shape index (κ3) is 3.36. The van der Waals surface area contributed by atoms with Crippen molar-refractivity contribution in [1.82, 2.24) is 9.55 Å². The van der Waals surface area contributed by atoms with Crippen LogP contribution < -0.4 is 11.2 Å². The average molecular weight is 286 g/mol. The molecule has 0 radical (unpaired) electrons. The molecule has 2 rings (SSSR count). The zero-order valence-electron chi connectivity index (χ0n) is 11.5. The van der Waals surface area contributed by atoms with E-state index < -0.39 is 17.2 Å². The second kappa shape index (κ2) is 6.04. The Balaban J connectivity index is 2.36. The fraction of sp³-hybridized carbons (Fsp3) is 0.133. The Morgan fingerprint density at radius 2 is 1.95 bits per heavy atom. The molecule has 1 aromatic heterocycles. The first-order valence-corrected chi connectivity index (χ1v) is 6.21. The number of aromatic amines is 1. The molecule has 6 nitrogen and oxygen atoms in total. The summed E-state index contributed by atoms with van der Waals surface area (Å²) in [6.07, 6.45) is 1.36. The van der Waals surface area contributed by atoms with Crippen molar-refractivity contribution in [3.63, 3.8) is 0 Å². The van der Waals surface area contributed by atoms with E-state index in [0.717, 1.165) is 4.57 Å². The summed E-state index contributed by atoms with van der Waals surface area (Å²) in [6, 6.07) is 8.89. The standard InChI is InChI=1S/C15H14N2O4/c1-10(2)14(19)21-9-17-8-12(13(18)16-15(17)20)11-6-4-3-5-7-11/h3-8H,1,9H2,2H3,(H,16,18,20). The molecule has 0 aliphatic carbocycles. The number of aromatic nitrogens is 2. The van der Waals surface area contributed by atoms with Crippen molar-refractivity contribution in [2.45, 2.75) is 13.7 Å². The van der Waals surface area contributed by atoms with Gasteiger partial charge in [-0.2, -0.15) is 0 Å². The highest BCUT2D eigenvalue weighted by Crippen LogP contribution is 2.12. The van der Waals surface area contributed by atoms with E-state index in [1.54, 1.807) is 24.3 Å². The Morgan fingerprint density at radius 3 is 2.57 bits per heavy atom. The van der Waals surface area contributed by atoms with E-state index in [1.165, 1.54) is 13.1 Å². The molecule has 6 heteroatoms. The average Bonchev–Trinajstić information content (AvgIpc) is 2.46. The maximum absolute atomic E-state index is 11.8. The predicted molar refractivity (Wildman–Crippen MR) is 77.7 cm³/mol. The van der Waals surface area contributed by atoms with E-state index >= 15 is 0 Å². The molecule has 0 amide bonds. The van der Waals surface area contributed by atoms with E-state index in [9.17, 15) is 14.4 Å². The minimum atomic E-state index is -0.644. The summed E-state index contributed by atoms with van der Waals surface area (Å²) in [7, 11) is 0. The maximum Gasteiger partial charge on any atom is 0.334 e. The molecule has 2 aromatic rings. The van der Waals surface area contributed by atoms with Crippen molar-refractivity contribution in [1.29, 1.82) is 0 Å². The molecule has 1 N–H and O–H groups in total. The first kappa shape index (κ1) is 14.5. The number of nitrogens with one attached hydrogen (secondary N) is 1. The zero-order chi connectivity index (χ0) is 15.4. The van der Waals surface area contributed by atoms with E-state index in [4.69, 9.17) is 4.74 Å². The molecule has 0 spiro atoms. The van der Waals surface area contributed by atoms with Crippen LogP contribution >= 0.6 is 0 Å². The van der Waals surface area contributed by atoms with Crippen LogP contribution in [0.25, 0.3) is 11.1 Å². The van der Waals surface area contributed by atoms with Crippen molar-refractivity contribution < 1.29 is 9.53 Å². The lowest BCUT2D eigenvalue weighted by Crippen LogP contribution is -2.31. The fourth-order valence-electron chi connectivity index (χ4n) is 1.68.